The molecule has 0 aliphatic heterocycles. The predicted molar refractivity (Wildman–Crippen MR) is 127 cm³/mol. The fourth-order valence-corrected chi connectivity index (χ4v) is 4.41. The highest BCUT2D eigenvalue weighted by atomic mass is 35.5. The lowest BCUT2D eigenvalue weighted by molar-refractivity contribution is -0.138. The van der Waals surface area contributed by atoms with Crippen molar-refractivity contribution in [2.75, 3.05) is 12.3 Å². The second-order valence-corrected chi connectivity index (χ2v) is 8.99. The minimum absolute atomic E-state index is 0.0950. The maximum Gasteiger partial charge on any atom is 0.242 e. The normalized spacial score (nSPS) is 11.8. The zero-order valence-electron chi connectivity index (χ0n) is 17.7. The predicted octanol–water partition coefficient (Wildman–Crippen LogP) is 5.70. The molecule has 0 saturated heterocycles. The van der Waals surface area contributed by atoms with Crippen molar-refractivity contribution in [1.29, 1.82) is 0 Å². The molecule has 0 spiro atoms. The van der Waals surface area contributed by atoms with Gasteiger partial charge in [-0.1, -0.05) is 54.7 Å². The lowest BCUT2D eigenvalue weighted by Crippen LogP contribution is -2.48. The van der Waals surface area contributed by atoms with Crippen LogP contribution in [0.15, 0.2) is 42.5 Å². The van der Waals surface area contributed by atoms with E-state index in [1.165, 1.54) is 22.7 Å². The van der Waals surface area contributed by atoms with Gasteiger partial charge in [-0.05, 0) is 43.2 Å². The highest BCUT2D eigenvalue weighted by Crippen LogP contribution is 2.24. The molecule has 0 unspecified atom stereocenters. The van der Waals surface area contributed by atoms with E-state index in [1.807, 2.05) is 13.0 Å². The summed E-state index contributed by atoms with van der Waals surface area (Å²) in [6.07, 6.45) is 1.84. The van der Waals surface area contributed by atoms with E-state index in [0.29, 0.717) is 22.2 Å². The summed E-state index contributed by atoms with van der Waals surface area (Å²) in [6, 6.07) is 11.1. The molecule has 0 saturated carbocycles. The Morgan fingerprint density at radius 1 is 1.19 bits per heavy atom. The molecule has 8 heteroatoms. The van der Waals surface area contributed by atoms with E-state index in [2.05, 4.69) is 5.32 Å². The van der Waals surface area contributed by atoms with Crippen molar-refractivity contribution >= 4 is 46.8 Å². The van der Waals surface area contributed by atoms with E-state index < -0.39 is 11.9 Å². The van der Waals surface area contributed by atoms with Gasteiger partial charge >= 0.3 is 0 Å². The van der Waals surface area contributed by atoms with E-state index in [-0.39, 0.29) is 29.9 Å². The third kappa shape index (κ3) is 8.02. The van der Waals surface area contributed by atoms with Crippen LogP contribution < -0.4 is 5.32 Å². The molecule has 0 aliphatic rings. The number of unbranched alkanes of at least 4 members (excludes halogenated alkanes) is 1. The Morgan fingerprint density at radius 2 is 1.94 bits per heavy atom. The number of amides is 2. The first kappa shape index (κ1) is 25.5. The van der Waals surface area contributed by atoms with E-state index in [9.17, 15) is 14.0 Å². The van der Waals surface area contributed by atoms with Crippen LogP contribution in [0.2, 0.25) is 10.0 Å². The van der Waals surface area contributed by atoms with Gasteiger partial charge in [-0.15, -0.1) is 11.8 Å². The third-order valence-electron chi connectivity index (χ3n) is 4.77. The summed E-state index contributed by atoms with van der Waals surface area (Å²) in [5, 5.41) is 3.78. The molecule has 2 amide bonds. The number of thioether (sulfide) groups is 1. The van der Waals surface area contributed by atoms with Gasteiger partial charge in [-0.3, -0.25) is 9.59 Å². The van der Waals surface area contributed by atoms with Crippen LogP contribution in [-0.4, -0.2) is 35.1 Å². The maximum absolute atomic E-state index is 14.0. The number of carbonyl (C=O) groups is 2. The number of nitrogens with zero attached hydrogens (tertiary/aromatic N) is 1. The summed E-state index contributed by atoms with van der Waals surface area (Å²) in [4.78, 5) is 27.2. The van der Waals surface area contributed by atoms with Gasteiger partial charge in [-0.2, -0.15) is 0 Å². The van der Waals surface area contributed by atoms with Crippen LogP contribution in [-0.2, 0) is 21.9 Å². The van der Waals surface area contributed by atoms with Crippen molar-refractivity contribution in [1.82, 2.24) is 10.2 Å². The van der Waals surface area contributed by atoms with Gasteiger partial charge in [0.2, 0.25) is 11.8 Å². The van der Waals surface area contributed by atoms with Crippen LogP contribution in [0.25, 0.3) is 0 Å². The number of nitrogens with one attached hydrogen (secondary N) is 1. The average Bonchev–Trinajstić information content (AvgIpc) is 2.73. The zero-order chi connectivity index (χ0) is 22.8. The summed E-state index contributed by atoms with van der Waals surface area (Å²) in [7, 11) is 0. The molecule has 168 valence electrons. The molecule has 2 aromatic rings. The Hall–Kier alpha value is -1.76. The van der Waals surface area contributed by atoms with E-state index in [0.717, 1.165) is 18.4 Å². The molecule has 2 aromatic carbocycles. The molecule has 0 heterocycles. The lowest BCUT2D eigenvalue weighted by atomic mass is 10.1. The van der Waals surface area contributed by atoms with Gasteiger partial charge in [0.25, 0.3) is 0 Å². The van der Waals surface area contributed by atoms with Gasteiger partial charge in [-0.25, -0.2) is 4.39 Å². The zero-order valence-corrected chi connectivity index (χ0v) is 20.0. The number of hydrogen-bond donors (Lipinski definition) is 1. The monoisotopic (exact) mass is 484 g/mol. The van der Waals surface area contributed by atoms with Crippen LogP contribution in [0.5, 0.6) is 0 Å². The smallest absolute Gasteiger partial charge is 0.242 e. The SMILES string of the molecule is CCCCNC(=O)[C@H](C)N(Cc1cccc(Cl)c1)C(=O)CSCc1c(F)cccc1Cl. The summed E-state index contributed by atoms with van der Waals surface area (Å²) in [5.41, 5.74) is 1.20. The third-order valence-corrected chi connectivity index (χ3v) is 6.31. The highest BCUT2D eigenvalue weighted by Gasteiger charge is 2.26. The Morgan fingerprint density at radius 3 is 2.61 bits per heavy atom. The van der Waals surface area contributed by atoms with Crippen molar-refractivity contribution in [3.8, 4) is 0 Å². The summed E-state index contributed by atoms with van der Waals surface area (Å²) in [6.45, 7) is 4.58. The number of halogens is 3. The van der Waals surface area contributed by atoms with Gasteiger partial charge in [0, 0.05) is 34.5 Å². The fraction of sp³-hybridized carbons (Fsp3) is 0.391. The molecule has 2 rings (SSSR count). The summed E-state index contributed by atoms with van der Waals surface area (Å²) < 4.78 is 14.0. The molecule has 4 nitrogen and oxygen atoms in total. The molecule has 0 fully saturated rings. The number of hydrogen-bond acceptors (Lipinski definition) is 3. The van der Waals surface area contributed by atoms with Gasteiger partial charge in [0.15, 0.2) is 0 Å². The molecule has 0 radical (unpaired) electrons. The molecule has 31 heavy (non-hydrogen) atoms. The lowest BCUT2D eigenvalue weighted by Gasteiger charge is -2.29. The quantitative estimate of drug-likeness (QED) is 0.416. The Kier molecular flexibility index (Phi) is 10.6. The fourth-order valence-electron chi connectivity index (χ4n) is 2.94. The first-order valence-electron chi connectivity index (χ1n) is 10.2. The van der Waals surface area contributed by atoms with E-state index in [1.54, 1.807) is 37.3 Å². The topological polar surface area (TPSA) is 49.4 Å². The number of rotatable bonds is 11. The summed E-state index contributed by atoms with van der Waals surface area (Å²) >= 11 is 13.4. The van der Waals surface area contributed by atoms with Crippen molar-refractivity contribution in [2.45, 2.75) is 45.0 Å². The Balaban J connectivity index is 2.08. The first-order chi connectivity index (χ1) is 14.8. The molecule has 0 aliphatic carbocycles. The maximum atomic E-state index is 14.0. The molecular weight excluding hydrogens is 458 g/mol. The molecule has 0 aromatic heterocycles. The van der Waals surface area contributed by atoms with Crippen LogP contribution in [0.3, 0.4) is 0 Å². The second-order valence-electron chi connectivity index (χ2n) is 7.17. The van der Waals surface area contributed by atoms with Crippen molar-refractivity contribution in [3.63, 3.8) is 0 Å². The van der Waals surface area contributed by atoms with Crippen molar-refractivity contribution in [3.05, 3.63) is 69.5 Å². The van der Waals surface area contributed by atoms with Crippen LogP contribution in [0.4, 0.5) is 4.39 Å². The van der Waals surface area contributed by atoms with Crippen molar-refractivity contribution < 1.29 is 14.0 Å². The molecule has 0 bridgehead atoms. The Bertz CT molecular complexity index is 877. The van der Waals surface area contributed by atoms with Crippen LogP contribution >= 0.6 is 35.0 Å². The van der Waals surface area contributed by atoms with Crippen LogP contribution in [0, 0.1) is 5.82 Å². The van der Waals surface area contributed by atoms with Crippen molar-refractivity contribution in [2.24, 2.45) is 0 Å². The average molecular weight is 485 g/mol. The van der Waals surface area contributed by atoms with E-state index >= 15 is 0 Å². The highest BCUT2D eigenvalue weighted by molar-refractivity contribution is 7.99. The van der Waals surface area contributed by atoms with Crippen LogP contribution in [0.1, 0.15) is 37.8 Å². The van der Waals surface area contributed by atoms with Gasteiger partial charge in [0.05, 0.1) is 5.75 Å². The second kappa shape index (κ2) is 12.9. The molecule has 1 N–H and O–H groups in total. The minimum atomic E-state index is -0.652. The molecule has 1 atom stereocenters. The number of benzene rings is 2. The minimum Gasteiger partial charge on any atom is -0.354 e. The Labute approximate surface area is 197 Å². The standard InChI is InChI=1S/C23H27Cl2FN2O2S/c1-3-4-11-27-23(30)16(2)28(13-17-7-5-8-18(24)12-17)22(29)15-31-14-19-20(25)9-6-10-21(19)26/h5-10,12,16H,3-4,11,13-15H2,1-2H3,(H,27,30)/t16-/m0/s1. The van der Waals surface area contributed by atoms with E-state index in [4.69, 9.17) is 23.2 Å². The summed E-state index contributed by atoms with van der Waals surface area (Å²) in [5.74, 6) is -0.453. The molecular formula is C23H27Cl2FN2O2S. The first-order valence-corrected chi connectivity index (χ1v) is 12.1. The van der Waals surface area contributed by atoms with Gasteiger partial charge < -0.3 is 10.2 Å². The largest absolute Gasteiger partial charge is 0.354 e. The van der Waals surface area contributed by atoms with Gasteiger partial charge in [0.1, 0.15) is 11.9 Å². The number of carbonyl (C=O) groups excluding carboxylic acids is 2.